The van der Waals surface area contributed by atoms with Crippen LogP contribution in [0.4, 0.5) is 4.79 Å². The molecule has 0 spiro atoms. The van der Waals surface area contributed by atoms with Gasteiger partial charge in [0.05, 0.1) is 6.54 Å². The monoisotopic (exact) mass is 260 g/mol. The van der Waals surface area contributed by atoms with E-state index in [9.17, 15) is 9.59 Å². The van der Waals surface area contributed by atoms with Gasteiger partial charge in [-0.2, -0.15) is 0 Å². The van der Waals surface area contributed by atoms with Crippen molar-refractivity contribution in [2.45, 2.75) is 45.6 Å². The topological polar surface area (TPSA) is 98.7 Å². The van der Waals surface area contributed by atoms with E-state index in [1.807, 2.05) is 0 Å². The van der Waals surface area contributed by atoms with Crippen LogP contribution in [-0.2, 0) is 4.79 Å². The van der Waals surface area contributed by atoms with E-state index in [0.29, 0.717) is 12.5 Å². The Hall–Kier alpha value is -1.30. The molecule has 0 aromatic carbocycles. The number of amides is 2. The highest BCUT2D eigenvalue weighted by Gasteiger charge is 2.14. The van der Waals surface area contributed by atoms with Gasteiger partial charge in [0, 0.05) is 6.54 Å². The van der Waals surface area contributed by atoms with Crippen LogP contribution in [0.25, 0.3) is 0 Å². The van der Waals surface area contributed by atoms with Gasteiger partial charge in [0.2, 0.25) is 0 Å². The normalized spacial score (nSPS) is 13.7. The summed E-state index contributed by atoms with van der Waals surface area (Å²) in [6.07, 6.45) is 2.79. The maximum atomic E-state index is 11.3. The van der Waals surface area contributed by atoms with Crippen LogP contribution in [-0.4, -0.2) is 41.4 Å². The molecule has 0 radical (unpaired) electrons. The van der Waals surface area contributed by atoms with Crippen LogP contribution < -0.4 is 10.6 Å². The molecule has 2 amide bonds. The Bertz CT molecular complexity index is 258. The van der Waals surface area contributed by atoms with Gasteiger partial charge in [-0.05, 0) is 12.3 Å². The molecule has 0 aliphatic carbocycles. The van der Waals surface area contributed by atoms with E-state index in [-0.39, 0.29) is 6.54 Å². The summed E-state index contributed by atoms with van der Waals surface area (Å²) < 4.78 is 0. The van der Waals surface area contributed by atoms with Crippen molar-refractivity contribution < 1.29 is 19.8 Å². The number of unbranched alkanes of at least 4 members (excludes halogenated alkanes) is 1. The molecule has 106 valence electrons. The van der Waals surface area contributed by atoms with Crippen molar-refractivity contribution in [3.8, 4) is 0 Å². The van der Waals surface area contributed by atoms with Gasteiger partial charge in [0.25, 0.3) is 0 Å². The summed E-state index contributed by atoms with van der Waals surface area (Å²) in [5, 5.41) is 22.4. The Labute approximate surface area is 108 Å². The highest BCUT2D eigenvalue weighted by Crippen LogP contribution is 2.10. The fraction of sp³-hybridized carbons (Fsp3) is 0.833. The van der Waals surface area contributed by atoms with Crippen molar-refractivity contribution in [3.63, 3.8) is 0 Å². The second kappa shape index (κ2) is 9.70. The van der Waals surface area contributed by atoms with Crippen LogP contribution in [0.2, 0.25) is 0 Å². The molecule has 0 saturated carbocycles. The zero-order valence-corrected chi connectivity index (χ0v) is 11.1. The third kappa shape index (κ3) is 7.89. The predicted molar refractivity (Wildman–Crippen MR) is 68.4 cm³/mol. The summed E-state index contributed by atoms with van der Waals surface area (Å²) in [5.41, 5.74) is 0. The molecule has 6 nitrogen and oxygen atoms in total. The van der Waals surface area contributed by atoms with Gasteiger partial charge in [-0.15, -0.1) is 0 Å². The number of carboxylic acids is 1. The van der Waals surface area contributed by atoms with Crippen LogP contribution in [0, 0.1) is 5.92 Å². The lowest BCUT2D eigenvalue weighted by Crippen LogP contribution is -2.43. The van der Waals surface area contributed by atoms with Crippen LogP contribution >= 0.6 is 0 Å². The summed E-state index contributed by atoms with van der Waals surface area (Å²) >= 11 is 0. The minimum Gasteiger partial charge on any atom is -0.479 e. The molecule has 0 aliphatic rings. The van der Waals surface area contributed by atoms with Crippen molar-refractivity contribution in [2.75, 3.05) is 13.1 Å². The van der Waals surface area contributed by atoms with Crippen molar-refractivity contribution in [3.05, 3.63) is 0 Å². The van der Waals surface area contributed by atoms with Gasteiger partial charge in [0.1, 0.15) is 0 Å². The summed E-state index contributed by atoms with van der Waals surface area (Å²) in [6.45, 7) is 4.49. The Balaban J connectivity index is 3.77. The SMILES string of the molecule is CCCCC(CC)CNC(=O)NCC(O)C(=O)O. The molecule has 2 atom stereocenters. The molecule has 0 saturated heterocycles. The summed E-state index contributed by atoms with van der Waals surface area (Å²) in [6, 6.07) is -0.440. The maximum Gasteiger partial charge on any atom is 0.334 e. The fourth-order valence-electron chi connectivity index (χ4n) is 1.52. The second-order valence-electron chi connectivity index (χ2n) is 4.36. The standard InChI is InChI=1S/C12H24N2O4/c1-3-5-6-9(4-2)7-13-12(18)14-8-10(15)11(16)17/h9-10,15H,3-8H2,1-2H3,(H,16,17)(H2,13,14,18). The average molecular weight is 260 g/mol. The zero-order chi connectivity index (χ0) is 14.0. The molecule has 0 bridgehead atoms. The highest BCUT2D eigenvalue weighted by atomic mass is 16.4. The van der Waals surface area contributed by atoms with Crippen LogP contribution in [0.5, 0.6) is 0 Å². The van der Waals surface area contributed by atoms with Crippen molar-refractivity contribution in [2.24, 2.45) is 5.92 Å². The van der Waals surface area contributed by atoms with Gasteiger partial charge in [-0.3, -0.25) is 0 Å². The number of aliphatic hydroxyl groups excluding tert-OH is 1. The van der Waals surface area contributed by atoms with Gasteiger partial charge in [0.15, 0.2) is 6.10 Å². The Morgan fingerprint density at radius 3 is 2.28 bits per heavy atom. The van der Waals surface area contributed by atoms with Crippen LogP contribution in [0.3, 0.4) is 0 Å². The molecular formula is C12H24N2O4. The first-order valence-electron chi connectivity index (χ1n) is 6.43. The number of nitrogens with one attached hydrogen (secondary N) is 2. The number of rotatable bonds is 9. The molecular weight excluding hydrogens is 236 g/mol. The summed E-state index contributed by atoms with van der Waals surface area (Å²) in [7, 11) is 0. The number of hydrogen-bond donors (Lipinski definition) is 4. The van der Waals surface area contributed by atoms with Crippen molar-refractivity contribution >= 4 is 12.0 Å². The Morgan fingerprint density at radius 1 is 1.17 bits per heavy atom. The van der Waals surface area contributed by atoms with Gasteiger partial charge in [-0.25, -0.2) is 9.59 Å². The van der Waals surface area contributed by atoms with E-state index in [1.54, 1.807) is 0 Å². The average Bonchev–Trinajstić information content (AvgIpc) is 2.35. The number of carbonyl (C=O) groups is 2. The smallest absolute Gasteiger partial charge is 0.334 e. The fourth-order valence-corrected chi connectivity index (χ4v) is 1.52. The molecule has 6 heteroatoms. The number of urea groups is 1. The number of carboxylic acid groups (broad SMARTS) is 1. The Morgan fingerprint density at radius 2 is 1.78 bits per heavy atom. The third-order valence-corrected chi connectivity index (χ3v) is 2.84. The van der Waals surface area contributed by atoms with Crippen molar-refractivity contribution in [1.82, 2.24) is 10.6 Å². The van der Waals surface area contributed by atoms with E-state index < -0.39 is 18.1 Å². The van der Waals surface area contributed by atoms with E-state index in [4.69, 9.17) is 10.2 Å². The Kier molecular flexibility index (Phi) is 9.00. The molecule has 0 aromatic rings. The van der Waals surface area contributed by atoms with Gasteiger partial charge in [-0.1, -0.05) is 33.1 Å². The molecule has 0 heterocycles. The van der Waals surface area contributed by atoms with Crippen molar-refractivity contribution in [1.29, 1.82) is 0 Å². The van der Waals surface area contributed by atoms with Gasteiger partial charge >= 0.3 is 12.0 Å². The van der Waals surface area contributed by atoms with Gasteiger partial charge < -0.3 is 20.8 Å². The first-order valence-corrected chi connectivity index (χ1v) is 6.43. The highest BCUT2D eigenvalue weighted by molar-refractivity contribution is 5.76. The predicted octanol–water partition coefficient (Wildman–Crippen LogP) is 0.948. The van der Waals surface area contributed by atoms with Crippen LogP contribution in [0.1, 0.15) is 39.5 Å². The number of carbonyl (C=O) groups excluding carboxylic acids is 1. The second-order valence-corrected chi connectivity index (χ2v) is 4.36. The quantitative estimate of drug-likeness (QED) is 0.496. The van der Waals surface area contributed by atoms with Crippen LogP contribution in [0.15, 0.2) is 0 Å². The van der Waals surface area contributed by atoms with E-state index >= 15 is 0 Å². The lowest BCUT2D eigenvalue weighted by molar-refractivity contribution is -0.146. The molecule has 0 aromatic heterocycles. The summed E-state index contributed by atoms with van der Waals surface area (Å²) in [5.74, 6) is -0.898. The third-order valence-electron chi connectivity index (χ3n) is 2.84. The molecule has 0 aliphatic heterocycles. The maximum absolute atomic E-state index is 11.3. The zero-order valence-electron chi connectivity index (χ0n) is 11.1. The molecule has 2 unspecified atom stereocenters. The lowest BCUT2D eigenvalue weighted by atomic mass is 9.99. The minimum atomic E-state index is -1.56. The lowest BCUT2D eigenvalue weighted by Gasteiger charge is -2.16. The molecule has 0 rings (SSSR count). The van der Waals surface area contributed by atoms with E-state index in [2.05, 4.69) is 24.5 Å². The number of hydrogen-bond acceptors (Lipinski definition) is 3. The van der Waals surface area contributed by atoms with E-state index in [0.717, 1.165) is 25.7 Å². The first kappa shape index (κ1) is 16.7. The number of aliphatic hydroxyl groups is 1. The first-order chi connectivity index (χ1) is 8.51. The van der Waals surface area contributed by atoms with E-state index in [1.165, 1.54) is 0 Å². The summed E-state index contributed by atoms with van der Waals surface area (Å²) in [4.78, 5) is 21.7. The minimum absolute atomic E-state index is 0.285. The number of aliphatic carboxylic acids is 1. The molecule has 18 heavy (non-hydrogen) atoms. The largest absolute Gasteiger partial charge is 0.479 e. The molecule has 4 N–H and O–H groups in total. The molecule has 0 fully saturated rings.